The molecule has 0 aliphatic rings. The van der Waals surface area contributed by atoms with Crippen molar-refractivity contribution >= 4 is 33.3 Å². The van der Waals surface area contributed by atoms with Gasteiger partial charge in [-0.3, -0.25) is 4.79 Å². The molecule has 0 unspecified atom stereocenters. The summed E-state index contributed by atoms with van der Waals surface area (Å²) in [5.74, 6) is -0.00309. The van der Waals surface area contributed by atoms with E-state index in [9.17, 15) is 4.79 Å². The first-order valence-electron chi connectivity index (χ1n) is 3.50. The van der Waals surface area contributed by atoms with E-state index in [1.807, 2.05) is 19.1 Å². The second kappa shape index (κ2) is 4.06. The maximum Gasteiger partial charge on any atom is 0.177 e. The lowest BCUT2D eigenvalue weighted by Crippen LogP contribution is -2.00. The molecule has 0 spiro atoms. The van der Waals surface area contributed by atoms with Crippen LogP contribution in [-0.2, 0) is 0 Å². The number of Topliss-reactive ketones (excluding diaryl/α,β-unsaturated/α-hetero) is 1. The minimum absolute atomic E-state index is 0.0376. The molecule has 3 heteroatoms. The number of aryl methyl sites for hydroxylation is 1. The number of alkyl halides is 1. The van der Waals surface area contributed by atoms with Gasteiger partial charge >= 0.3 is 0 Å². The molecule has 0 bridgehead atoms. The Labute approximate surface area is 84.9 Å². The van der Waals surface area contributed by atoms with E-state index in [1.165, 1.54) is 0 Å². The number of ketones is 1. The lowest BCUT2D eigenvalue weighted by atomic mass is 10.1. The Kier molecular flexibility index (Phi) is 3.29. The molecule has 64 valence electrons. The fourth-order valence-corrected chi connectivity index (χ4v) is 1.74. The van der Waals surface area contributed by atoms with Crippen LogP contribution in [0.25, 0.3) is 0 Å². The Morgan fingerprint density at radius 3 is 2.67 bits per heavy atom. The Balaban J connectivity index is 3.08. The van der Waals surface area contributed by atoms with E-state index >= 15 is 0 Å². The predicted octanol–water partition coefficient (Wildman–Crippen LogP) is 3.18. The van der Waals surface area contributed by atoms with Crippen LogP contribution in [0.3, 0.4) is 0 Å². The molecule has 1 nitrogen and oxygen atoms in total. The van der Waals surface area contributed by atoms with E-state index in [4.69, 9.17) is 11.6 Å². The SMILES string of the molecule is Cc1cc(Br)cc(C(=O)CCl)c1. The summed E-state index contributed by atoms with van der Waals surface area (Å²) in [6.07, 6.45) is 0. The normalized spacial score (nSPS) is 9.92. The molecule has 0 N–H and O–H groups in total. The van der Waals surface area contributed by atoms with Gasteiger partial charge in [0.05, 0.1) is 5.88 Å². The molecule has 0 fully saturated rings. The summed E-state index contributed by atoms with van der Waals surface area (Å²) in [6, 6.07) is 5.55. The first-order chi connectivity index (χ1) is 5.63. The van der Waals surface area contributed by atoms with Crippen molar-refractivity contribution in [3.8, 4) is 0 Å². The minimum Gasteiger partial charge on any atom is -0.293 e. The number of halogens is 2. The number of carbonyl (C=O) groups excluding carboxylic acids is 1. The smallest absolute Gasteiger partial charge is 0.177 e. The highest BCUT2D eigenvalue weighted by atomic mass is 79.9. The molecular formula is C9H8BrClO. The molecule has 0 aromatic heterocycles. The minimum atomic E-state index is -0.0407. The largest absolute Gasteiger partial charge is 0.293 e. The Morgan fingerprint density at radius 2 is 2.17 bits per heavy atom. The monoisotopic (exact) mass is 246 g/mol. The van der Waals surface area contributed by atoms with Crippen molar-refractivity contribution in [3.63, 3.8) is 0 Å². The van der Waals surface area contributed by atoms with Crippen LogP contribution in [-0.4, -0.2) is 11.7 Å². The third kappa shape index (κ3) is 2.32. The van der Waals surface area contributed by atoms with Gasteiger partial charge in [0.1, 0.15) is 0 Å². The summed E-state index contributed by atoms with van der Waals surface area (Å²) >= 11 is 8.74. The highest BCUT2D eigenvalue weighted by Crippen LogP contribution is 2.15. The first kappa shape index (κ1) is 9.75. The van der Waals surface area contributed by atoms with E-state index < -0.39 is 0 Å². The quantitative estimate of drug-likeness (QED) is 0.579. The summed E-state index contributed by atoms with van der Waals surface area (Å²) in [5, 5.41) is 0. The van der Waals surface area contributed by atoms with Gasteiger partial charge in [-0.1, -0.05) is 15.9 Å². The Bertz CT molecular complexity index is 289. The molecule has 0 aliphatic carbocycles. The molecule has 12 heavy (non-hydrogen) atoms. The number of benzene rings is 1. The van der Waals surface area contributed by atoms with Crippen molar-refractivity contribution in [3.05, 3.63) is 33.8 Å². The zero-order chi connectivity index (χ0) is 9.14. The molecular weight excluding hydrogens is 239 g/mol. The van der Waals surface area contributed by atoms with Crippen molar-refractivity contribution < 1.29 is 4.79 Å². The average molecular weight is 248 g/mol. The predicted molar refractivity (Wildman–Crippen MR) is 53.9 cm³/mol. The molecule has 0 heterocycles. The van der Waals surface area contributed by atoms with Gasteiger partial charge in [0.2, 0.25) is 0 Å². The summed E-state index contributed by atoms with van der Waals surface area (Å²) in [5.41, 5.74) is 1.72. The van der Waals surface area contributed by atoms with Crippen LogP contribution in [0, 0.1) is 6.92 Å². The Hall–Kier alpha value is -0.340. The second-order valence-corrected chi connectivity index (χ2v) is 3.76. The van der Waals surface area contributed by atoms with Gasteiger partial charge < -0.3 is 0 Å². The van der Waals surface area contributed by atoms with Crippen molar-refractivity contribution in [1.82, 2.24) is 0 Å². The van der Waals surface area contributed by atoms with Crippen LogP contribution in [0.15, 0.2) is 22.7 Å². The molecule has 0 radical (unpaired) electrons. The molecule has 0 saturated carbocycles. The van der Waals surface area contributed by atoms with Crippen LogP contribution in [0.1, 0.15) is 15.9 Å². The van der Waals surface area contributed by atoms with E-state index in [2.05, 4.69) is 15.9 Å². The van der Waals surface area contributed by atoms with E-state index in [0.29, 0.717) is 5.56 Å². The molecule has 0 aliphatic heterocycles. The van der Waals surface area contributed by atoms with Gasteiger partial charge in [-0.2, -0.15) is 0 Å². The van der Waals surface area contributed by atoms with E-state index in [0.717, 1.165) is 10.0 Å². The van der Waals surface area contributed by atoms with Crippen molar-refractivity contribution in [2.24, 2.45) is 0 Å². The maximum absolute atomic E-state index is 11.2. The molecule has 0 amide bonds. The highest BCUT2D eigenvalue weighted by Gasteiger charge is 2.04. The van der Waals surface area contributed by atoms with Crippen molar-refractivity contribution in [2.75, 3.05) is 5.88 Å². The third-order valence-corrected chi connectivity index (χ3v) is 2.19. The topological polar surface area (TPSA) is 17.1 Å². The Morgan fingerprint density at radius 1 is 1.50 bits per heavy atom. The van der Waals surface area contributed by atoms with Gasteiger partial charge in [0.15, 0.2) is 5.78 Å². The number of hydrogen-bond acceptors (Lipinski definition) is 1. The molecule has 0 saturated heterocycles. The van der Waals surface area contributed by atoms with Crippen molar-refractivity contribution in [1.29, 1.82) is 0 Å². The number of carbonyl (C=O) groups is 1. The third-order valence-electron chi connectivity index (χ3n) is 1.49. The average Bonchev–Trinajstić information content (AvgIpc) is 2.01. The van der Waals surface area contributed by atoms with Gasteiger partial charge in [0, 0.05) is 10.0 Å². The second-order valence-electron chi connectivity index (χ2n) is 2.57. The maximum atomic E-state index is 11.2. The van der Waals surface area contributed by atoms with Gasteiger partial charge in [-0.05, 0) is 30.7 Å². The van der Waals surface area contributed by atoms with Crippen LogP contribution in [0.5, 0.6) is 0 Å². The molecule has 1 aromatic carbocycles. The van der Waals surface area contributed by atoms with Crippen molar-refractivity contribution in [2.45, 2.75) is 6.92 Å². The highest BCUT2D eigenvalue weighted by molar-refractivity contribution is 9.10. The van der Waals surface area contributed by atoms with Crippen LogP contribution in [0.2, 0.25) is 0 Å². The van der Waals surface area contributed by atoms with Gasteiger partial charge in [0.25, 0.3) is 0 Å². The van der Waals surface area contributed by atoms with Crippen LogP contribution < -0.4 is 0 Å². The van der Waals surface area contributed by atoms with Gasteiger partial charge in [-0.15, -0.1) is 11.6 Å². The zero-order valence-corrected chi connectivity index (χ0v) is 8.95. The summed E-state index contributed by atoms with van der Waals surface area (Å²) in [6.45, 7) is 1.94. The van der Waals surface area contributed by atoms with E-state index in [1.54, 1.807) is 6.07 Å². The molecule has 1 aromatic rings. The first-order valence-corrected chi connectivity index (χ1v) is 4.82. The summed E-state index contributed by atoms with van der Waals surface area (Å²) in [4.78, 5) is 11.2. The zero-order valence-electron chi connectivity index (χ0n) is 6.60. The fourth-order valence-electron chi connectivity index (χ4n) is 0.974. The molecule has 1 rings (SSSR count). The van der Waals surface area contributed by atoms with Crippen LogP contribution >= 0.6 is 27.5 Å². The fraction of sp³-hybridized carbons (Fsp3) is 0.222. The lowest BCUT2D eigenvalue weighted by Gasteiger charge is -2.00. The van der Waals surface area contributed by atoms with Crippen LogP contribution in [0.4, 0.5) is 0 Å². The van der Waals surface area contributed by atoms with Gasteiger partial charge in [-0.25, -0.2) is 0 Å². The lowest BCUT2D eigenvalue weighted by molar-refractivity contribution is 0.102. The number of rotatable bonds is 2. The summed E-state index contributed by atoms with van der Waals surface area (Å²) < 4.78 is 0.913. The summed E-state index contributed by atoms with van der Waals surface area (Å²) in [7, 11) is 0. The standard InChI is InChI=1S/C9H8BrClO/c1-6-2-7(9(12)5-11)4-8(10)3-6/h2-4H,5H2,1H3. The van der Waals surface area contributed by atoms with E-state index in [-0.39, 0.29) is 11.7 Å². The molecule has 0 atom stereocenters. The number of hydrogen-bond donors (Lipinski definition) is 0.